The molecule has 7 heteroatoms. The van der Waals surface area contributed by atoms with Crippen LogP contribution in [0.1, 0.15) is 6.92 Å². The Bertz CT molecular complexity index is 418. The van der Waals surface area contributed by atoms with Crippen LogP contribution in [0, 0.1) is 0 Å². The lowest BCUT2D eigenvalue weighted by atomic mass is 10.5. The van der Waals surface area contributed by atoms with Crippen molar-refractivity contribution in [1.82, 2.24) is 4.98 Å². The Morgan fingerprint density at radius 3 is 2.73 bits per heavy atom. The minimum Gasteiger partial charge on any atom is -0.395 e. The van der Waals surface area contributed by atoms with Gasteiger partial charge in [0.05, 0.1) is 6.61 Å². The number of hydrogen-bond acceptors (Lipinski definition) is 4. The topological polar surface area (TPSA) is 79.3 Å². The first kappa shape index (κ1) is 12.4. The fourth-order valence-corrected chi connectivity index (χ4v) is 1.82. The summed E-state index contributed by atoms with van der Waals surface area (Å²) in [5, 5.41) is 7.89. The lowest BCUT2D eigenvalue weighted by Crippen LogP contribution is -2.28. The molecule has 1 unspecified atom stereocenters. The number of sulfonamides is 1. The first-order valence-electron chi connectivity index (χ1n) is 4.20. The Morgan fingerprint density at radius 1 is 1.60 bits per heavy atom. The molecule has 1 aromatic rings. The molecule has 2 N–H and O–H groups in total. The van der Waals surface area contributed by atoms with Gasteiger partial charge in [0, 0.05) is 10.7 Å². The fourth-order valence-electron chi connectivity index (χ4n) is 0.781. The molecule has 0 radical (unpaired) electrons. The Hall–Kier alpha value is -0.660. The number of pyridine rings is 1. The van der Waals surface area contributed by atoms with Gasteiger partial charge in [0.1, 0.15) is 11.1 Å². The lowest BCUT2D eigenvalue weighted by Gasteiger charge is -2.11. The molecule has 0 saturated carbocycles. The van der Waals surface area contributed by atoms with Crippen molar-refractivity contribution in [3.63, 3.8) is 0 Å². The van der Waals surface area contributed by atoms with Crippen LogP contribution in [0.5, 0.6) is 0 Å². The summed E-state index contributed by atoms with van der Waals surface area (Å²) in [6, 6.07) is 3.21. The van der Waals surface area contributed by atoms with Crippen molar-refractivity contribution in [2.24, 2.45) is 0 Å². The van der Waals surface area contributed by atoms with Crippen molar-refractivity contribution in [2.45, 2.75) is 12.2 Å². The normalized spacial score (nSPS) is 13.5. The summed E-state index contributed by atoms with van der Waals surface area (Å²) in [5.74, 6) is 0.235. The second-order valence-corrected chi connectivity index (χ2v) is 6.02. The van der Waals surface area contributed by atoms with Gasteiger partial charge in [0.15, 0.2) is 0 Å². The van der Waals surface area contributed by atoms with Crippen LogP contribution in [0.4, 0.5) is 5.82 Å². The van der Waals surface area contributed by atoms with Crippen LogP contribution in [0.25, 0.3) is 0 Å². The smallest absolute Gasteiger partial charge is 0.238 e. The van der Waals surface area contributed by atoms with Gasteiger partial charge in [-0.3, -0.25) is 4.72 Å². The third kappa shape index (κ3) is 3.44. The third-order valence-electron chi connectivity index (χ3n) is 1.76. The highest BCUT2D eigenvalue weighted by Crippen LogP contribution is 2.13. The maximum absolute atomic E-state index is 11.5. The van der Waals surface area contributed by atoms with Crippen LogP contribution in [0.2, 0.25) is 0 Å². The van der Waals surface area contributed by atoms with E-state index < -0.39 is 21.9 Å². The molecule has 0 saturated heterocycles. The standard InChI is InChI=1S/C8H11BrN2O3S/c1-6(5-12)15(13,14)11-8-3-2-7(9)4-10-8/h2-4,6,12H,5H2,1H3,(H,10,11). The van der Waals surface area contributed by atoms with E-state index in [1.165, 1.54) is 19.2 Å². The van der Waals surface area contributed by atoms with Crippen LogP contribution in [0.3, 0.4) is 0 Å². The number of nitrogens with one attached hydrogen (secondary N) is 1. The largest absolute Gasteiger partial charge is 0.395 e. The summed E-state index contributed by atoms with van der Waals surface area (Å²) in [5.41, 5.74) is 0. The van der Waals surface area contributed by atoms with Crippen molar-refractivity contribution >= 4 is 31.8 Å². The fraction of sp³-hybridized carbons (Fsp3) is 0.375. The molecule has 5 nitrogen and oxygen atoms in total. The first-order chi connectivity index (χ1) is 6.95. The number of hydrogen-bond donors (Lipinski definition) is 2. The van der Waals surface area contributed by atoms with E-state index in [0.29, 0.717) is 0 Å². The molecule has 1 aromatic heterocycles. The molecule has 1 rings (SSSR count). The molecule has 0 amide bonds. The van der Waals surface area contributed by atoms with E-state index in [-0.39, 0.29) is 5.82 Å². The van der Waals surface area contributed by atoms with Gasteiger partial charge in [-0.2, -0.15) is 0 Å². The van der Waals surface area contributed by atoms with Gasteiger partial charge in [-0.25, -0.2) is 13.4 Å². The number of aromatic nitrogens is 1. The molecule has 84 valence electrons. The summed E-state index contributed by atoms with van der Waals surface area (Å²) in [6.07, 6.45) is 1.49. The van der Waals surface area contributed by atoms with Gasteiger partial charge in [-0.15, -0.1) is 0 Å². The number of rotatable bonds is 4. The maximum atomic E-state index is 11.5. The molecular formula is C8H11BrN2O3S. The monoisotopic (exact) mass is 294 g/mol. The predicted octanol–water partition coefficient (Wildman–Crippen LogP) is 0.967. The zero-order chi connectivity index (χ0) is 11.5. The molecule has 0 aromatic carbocycles. The average molecular weight is 295 g/mol. The number of anilines is 1. The number of aliphatic hydroxyl groups is 1. The average Bonchev–Trinajstić information content (AvgIpc) is 2.20. The van der Waals surface area contributed by atoms with E-state index in [2.05, 4.69) is 25.6 Å². The minimum absolute atomic E-state index is 0.235. The van der Waals surface area contributed by atoms with Crippen molar-refractivity contribution in [2.75, 3.05) is 11.3 Å². The van der Waals surface area contributed by atoms with Gasteiger partial charge in [0.25, 0.3) is 0 Å². The molecule has 0 aliphatic rings. The van der Waals surface area contributed by atoms with Gasteiger partial charge in [-0.05, 0) is 35.0 Å². The third-order valence-corrected chi connectivity index (χ3v) is 3.93. The molecule has 0 fully saturated rings. The summed E-state index contributed by atoms with van der Waals surface area (Å²) in [7, 11) is -3.55. The Morgan fingerprint density at radius 2 is 2.27 bits per heavy atom. The summed E-state index contributed by atoms with van der Waals surface area (Å²) in [4.78, 5) is 3.86. The highest BCUT2D eigenvalue weighted by atomic mass is 79.9. The zero-order valence-corrected chi connectivity index (χ0v) is 10.4. The number of halogens is 1. The Balaban J connectivity index is 2.82. The molecule has 0 aliphatic heterocycles. The van der Waals surface area contributed by atoms with E-state index in [1.54, 1.807) is 6.07 Å². The van der Waals surface area contributed by atoms with E-state index in [9.17, 15) is 8.42 Å². The maximum Gasteiger partial charge on any atom is 0.238 e. The summed E-state index contributed by atoms with van der Waals surface area (Å²) < 4.78 is 26.0. The molecule has 1 heterocycles. The number of nitrogens with zero attached hydrogens (tertiary/aromatic N) is 1. The van der Waals surface area contributed by atoms with Crippen molar-refractivity contribution in [3.05, 3.63) is 22.8 Å². The van der Waals surface area contributed by atoms with Crippen molar-refractivity contribution < 1.29 is 13.5 Å². The lowest BCUT2D eigenvalue weighted by molar-refractivity contribution is 0.296. The molecule has 15 heavy (non-hydrogen) atoms. The van der Waals surface area contributed by atoms with E-state index >= 15 is 0 Å². The van der Waals surface area contributed by atoms with Gasteiger partial charge in [-0.1, -0.05) is 0 Å². The second kappa shape index (κ2) is 4.91. The quantitative estimate of drug-likeness (QED) is 0.867. The van der Waals surface area contributed by atoms with Gasteiger partial charge in [0.2, 0.25) is 10.0 Å². The summed E-state index contributed by atoms with van der Waals surface area (Å²) in [6.45, 7) is 0.993. The van der Waals surface area contributed by atoms with Crippen LogP contribution in [-0.2, 0) is 10.0 Å². The molecule has 0 bridgehead atoms. The van der Waals surface area contributed by atoms with Crippen LogP contribution < -0.4 is 4.72 Å². The van der Waals surface area contributed by atoms with E-state index in [0.717, 1.165) is 4.47 Å². The number of aliphatic hydroxyl groups excluding tert-OH is 1. The van der Waals surface area contributed by atoms with Gasteiger partial charge < -0.3 is 5.11 Å². The zero-order valence-electron chi connectivity index (χ0n) is 8.01. The van der Waals surface area contributed by atoms with Crippen LogP contribution in [0.15, 0.2) is 22.8 Å². The Kier molecular flexibility index (Phi) is 4.06. The van der Waals surface area contributed by atoms with Crippen LogP contribution >= 0.6 is 15.9 Å². The highest BCUT2D eigenvalue weighted by molar-refractivity contribution is 9.10. The molecule has 0 aliphatic carbocycles. The summed E-state index contributed by atoms with van der Waals surface area (Å²) >= 11 is 3.19. The Labute approximate surface area is 96.7 Å². The molecular weight excluding hydrogens is 284 g/mol. The van der Waals surface area contributed by atoms with Crippen LogP contribution in [-0.4, -0.2) is 30.4 Å². The first-order valence-corrected chi connectivity index (χ1v) is 6.53. The van der Waals surface area contributed by atoms with E-state index in [1.807, 2.05) is 0 Å². The SMILES string of the molecule is CC(CO)S(=O)(=O)Nc1ccc(Br)cn1. The predicted molar refractivity (Wildman–Crippen MR) is 61.0 cm³/mol. The second-order valence-electron chi connectivity index (χ2n) is 3.00. The van der Waals surface area contributed by atoms with Crippen molar-refractivity contribution in [3.8, 4) is 0 Å². The van der Waals surface area contributed by atoms with Gasteiger partial charge >= 0.3 is 0 Å². The van der Waals surface area contributed by atoms with E-state index in [4.69, 9.17) is 5.11 Å². The highest BCUT2D eigenvalue weighted by Gasteiger charge is 2.19. The molecule has 1 atom stereocenters. The van der Waals surface area contributed by atoms with Crippen molar-refractivity contribution in [1.29, 1.82) is 0 Å². The minimum atomic E-state index is -3.55. The molecule has 0 spiro atoms.